The lowest BCUT2D eigenvalue weighted by atomic mass is 10.1. The Labute approximate surface area is 169 Å². The number of aliphatic carboxylic acids is 1. The molecule has 2 aromatic carbocycles. The largest absolute Gasteiger partial charge is 0.482 e. The Morgan fingerprint density at radius 2 is 1.80 bits per heavy atom. The summed E-state index contributed by atoms with van der Waals surface area (Å²) < 4.78 is 43.3. The van der Waals surface area contributed by atoms with Gasteiger partial charge in [0, 0.05) is 5.69 Å². The molecule has 1 fully saturated rings. The Hall–Kier alpha value is -3.56. The molecule has 2 aromatic rings. The summed E-state index contributed by atoms with van der Waals surface area (Å²) in [6, 6.07) is 8.19. The van der Waals surface area contributed by atoms with Crippen molar-refractivity contribution in [2.45, 2.75) is 19.6 Å². The normalized spacial score (nSPS) is 14.4. The maximum Gasteiger partial charge on any atom is 0.416 e. The maximum atomic E-state index is 12.7. The highest BCUT2D eigenvalue weighted by atomic mass is 19.4. The van der Waals surface area contributed by atoms with Gasteiger partial charge in [-0.25, -0.2) is 9.59 Å². The van der Waals surface area contributed by atoms with Crippen LogP contribution in [0.3, 0.4) is 0 Å². The first-order chi connectivity index (χ1) is 14.1. The summed E-state index contributed by atoms with van der Waals surface area (Å²) in [5.74, 6) is -1.23. The number of amides is 3. The Kier molecular flexibility index (Phi) is 5.68. The number of anilines is 1. The van der Waals surface area contributed by atoms with E-state index in [9.17, 15) is 27.6 Å². The van der Waals surface area contributed by atoms with Gasteiger partial charge >= 0.3 is 18.2 Å². The van der Waals surface area contributed by atoms with E-state index < -0.39 is 36.3 Å². The van der Waals surface area contributed by atoms with Crippen molar-refractivity contribution in [3.63, 3.8) is 0 Å². The van der Waals surface area contributed by atoms with Gasteiger partial charge in [-0.15, -0.1) is 0 Å². The summed E-state index contributed by atoms with van der Waals surface area (Å²) in [5.41, 5.74) is 0.595. The fourth-order valence-corrected chi connectivity index (χ4v) is 3.02. The molecule has 0 spiro atoms. The molecule has 0 radical (unpaired) electrons. The number of halogens is 3. The lowest BCUT2D eigenvalue weighted by Crippen LogP contribution is -2.32. The summed E-state index contributed by atoms with van der Waals surface area (Å²) >= 11 is 0. The molecule has 10 heteroatoms. The van der Waals surface area contributed by atoms with E-state index in [2.05, 4.69) is 0 Å². The summed E-state index contributed by atoms with van der Waals surface area (Å²) in [6.07, 6.45) is -4.49. The average Bonchev–Trinajstić information content (AvgIpc) is 2.95. The smallest absolute Gasteiger partial charge is 0.416 e. The van der Waals surface area contributed by atoms with Crippen LogP contribution in [0.2, 0.25) is 0 Å². The number of alkyl halides is 3. The number of ether oxygens (including phenoxy) is 1. The van der Waals surface area contributed by atoms with Crippen LogP contribution in [0.4, 0.5) is 23.7 Å². The van der Waals surface area contributed by atoms with E-state index in [1.54, 1.807) is 25.1 Å². The van der Waals surface area contributed by atoms with E-state index in [0.717, 1.165) is 34.1 Å². The number of carboxylic acid groups (broad SMARTS) is 1. The summed E-state index contributed by atoms with van der Waals surface area (Å²) in [5, 5.41) is 8.68. The highest BCUT2D eigenvalue weighted by molar-refractivity contribution is 6.12. The van der Waals surface area contributed by atoms with Crippen molar-refractivity contribution in [1.82, 2.24) is 4.90 Å². The van der Waals surface area contributed by atoms with Crippen molar-refractivity contribution in [3.05, 3.63) is 59.2 Å². The predicted molar refractivity (Wildman–Crippen MR) is 99.0 cm³/mol. The number of carboxylic acids is 1. The summed E-state index contributed by atoms with van der Waals surface area (Å²) in [7, 11) is 0. The van der Waals surface area contributed by atoms with E-state index in [0.29, 0.717) is 16.9 Å². The number of benzene rings is 2. The van der Waals surface area contributed by atoms with Gasteiger partial charge in [-0.2, -0.15) is 13.2 Å². The van der Waals surface area contributed by atoms with Crippen LogP contribution in [0.5, 0.6) is 5.75 Å². The number of aryl methyl sites for hydroxylation is 1. The topological polar surface area (TPSA) is 87.2 Å². The number of imide groups is 1. The molecule has 0 unspecified atom stereocenters. The minimum absolute atomic E-state index is 0.0329. The van der Waals surface area contributed by atoms with E-state index in [1.807, 2.05) is 0 Å². The molecule has 1 heterocycles. The van der Waals surface area contributed by atoms with Crippen LogP contribution in [-0.2, 0) is 22.3 Å². The van der Waals surface area contributed by atoms with Crippen LogP contribution in [0.25, 0.3) is 0 Å². The molecule has 0 aromatic heterocycles. The Balaban J connectivity index is 1.72. The number of hydrogen-bond acceptors (Lipinski definition) is 4. The van der Waals surface area contributed by atoms with Crippen LogP contribution in [0.15, 0.2) is 42.5 Å². The molecular formula is C20H17F3N2O5. The van der Waals surface area contributed by atoms with Gasteiger partial charge in [-0.3, -0.25) is 14.6 Å². The van der Waals surface area contributed by atoms with E-state index in [1.165, 1.54) is 0 Å². The van der Waals surface area contributed by atoms with Gasteiger partial charge in [0.1, 0.15) is 12.3 Å². The molecule has 0 bridgehead atoms. The van der Waals surface area contributed by atoms with Gasteiger partial charge in [0.15, 0.2) is 6.61 Å². The highest BCUT2D eigenvalue weighted by Crippen LogP contribution is 2.31. The molecule has 0 saturated carbocycles. The first-order valence-electron chi connectivity index (χ1n) is 8.79. The molecule has 3 amide bonds. The van der Waals surface area contributed by atoms with Gasteiger partial charge in [0.2, 0.25) is 0 Å². The van der Waals surface area contributed by atoms with Crippen LogP contribution in [0.1, 0.15) is 16.7 Å². The van der Waals surface area contributed by atoms with E-state index >= 15 is 0 Å². The number of hydrogen-bond donors (Lipinski definition) is 1. The molecule has 1 saturated heterocycles. The van der Waals surface area contributed by atoms with Crippen LogP contribution >= 0.6 is 0 Å². The number of urea groups is 1. The predicted octanol–water partition coefficient (Wildman–Crippen LogP) is 3.45. The number of carbonyl (C=O) groups is 3. The van der Waals surface area contributed by atoms with Crippen molar-refractivity contribution in [3.8, 4) is 5.75 Å². The zero-order valence-electron chi connectivity index (χ0n) is 15.8. The molecule has 0 aliphatic carbocycles. The molecule has 0 atom stereocenters. The zero-order chi connectivity index (χ0) is 22.1. The van der Waals surface area contributed by atoms with E-state index in [-0.39, 0.29) is 18.8 Å². The number of rotatable bonds is 6. The third-order valence-electron chi connectivity index (χ3n) is 4.49. The van der Waals surface area contributed by atoms with Crippen LogP contribution in [0, 0.1) is 6.92 Å². The van der Waals surface area contributed by atoms with Crippen molar-refractivity contribution < 1.29 is 37.4 Å². The van der Waals surface area contributed by atoms with Crippen molar-refractivity contribution in [1.29, 1.82) is 0 Å². The fourth-order valence-electron chi connectivity index (χ4n) is 3.02. The molecule has 158 valence electrons. The second-order valence-corrected chi connectivity index (χ2v) is 6.68. The zero-order valence-corrected chi connectivity index (χ0v) is 15.8. The number of nitrogens with zero attached hydrogens (tertiary/aromatic N) is 2. The molecule has 1 N–H and O–H groups in total. The molecular weight excluding hydrogens is 405 g/mol. The van der Waals surface area contributed by atoms with Gasteiger partial charge < -0.3 is 9.84 Å². The monoisotopic (exact) mass is 422 g/mol. The minimum atomic E-state index is -4.49. The van der Waals surface area contributed by atoms with Crippen LogP contribution < -0.4 is 9.64 Å². The van der Waals surface area contributed by atoms with Gasteiger partial charge in [0.25, 0.3) is 5.91 Å². The standard InChI is InChI=1S/C20H17F3N2O5/c1-12-8-13(2-7-16(12)30-11-18(27)28)9-25-17(26)10-24(19(25)29)15-5-3-14(4-6-15)20(21,22)23/h2-8H,9-11H2,1H3,(H,27,28). The lowest BCUT2D eigenvalue weighted by Gasteiger charge is -2.18. The molecule has 3 rings (SSSR count). The Morgan fingerprint density at radius 3 is 2.37 bits per heavy atom. The number of carbonyl (C=O) groups excluding carboxylic acids is 2. The van der Waals surface area contributed by atoms with Gasteiger partial charge in [-0.1, -0.05) is 12.1 Å². The second kappa shape index (κ2) is 8.05. The SMILES string of the molecule is Cc1cc(CN2C(=O)CN(c3ccc(C(F)(F)F)cc3)C2=O)ccc1OCC(=O)O. The first-order valence-corrected chi connectivity index (χ1v) is 8.79. The van der Waals surface area contributed by atoms with Crippen molar-refractivity contribution in [2.24, 2.45) is 0 Å². The lowest BCUT2D eigenvalue weighted by molar-refractivity contribution is -0.139. The summed E-state index contributed by atoms with van der Waals surface area (Å²) in [4.78, 5) is 37.7. The minimum Gasteiger partial charge on any atom is -0.482 e. The van der Waals surface area contributed by atoms with Crippen molar-refractivity contribution in [2.75, 3.05) is 18.1 Å². The van der Waals surface area contributed by atoms with Crippen LogP contribution in [-0.4, -0.2) is 41.1 Å². The molecule has 30 heavy (non-hydrogen) atoms. The fraction of sp³-hybridized carbons (Fsp3) is 0.250. The second-order valence-electron chi connectivity index (χ2n) is 6.68. The maximum absolute atomic E-state index is 12.7. The average molecular weight is 422 g/mol. The first kappa shape index (κ1) is 21.2. The van der Waals surface area contributed by atoms with Gasteiger partial charge in [0.05, 0.1) is 12.1 Å². The third kappa shape index (κ3) is 4.53. The Bertz CT molecular complexity index is 989. The quantitative estimate of drug-likeness (QED) is 0.721. The van der Waals surface area contributed by atoms with E-state index in [4.69, 9.17) is 9.84 Å². The highest BCUT2D eigenvalue weighted by Gasteiger charge is 2.37. The molecule has 1 aliphatic rings. The van der Waals surface area contributed by atoms with Crippen molar-refractivity contribution >= 4 is 23.6 Å². The van der Waals surface area contributed by atoms with Gasteiger partial charge in [-0.05, 0) is 48.4 Å². The third-order valence-corrected chi connectivity index (χ3v) is 4.49. The Morgan fingerprint density at radius 1 is 1.13 bits per heavy atom. The molecule has 1 aliphatic heterocycles. The summed E-state index contributed by atoms with van der Waals surface area (Å²) in [6.45, 7) is 0.895. The molecule has 7 nitrogen and oxygen atoms in total.